The molecule has 2 radical (unpaired) electrons. The van der Waals surface area contributed by atoms with Crippen LogP contribution >= 0.6 is 11.6 Å². The van der Waals surface area contributed by atoms with E-state index >= 15 is 0 Å². The zero-order valence-electron chi connectivity index (χ0n) is 5.50. The number of halogens is 1. The summed E-state index contributed by atoms with van der Waals surface area (Å²) >= 11 is 8.14. The highest BCUT2D eigenvalue weighted by Crippen LogP contribution is 2.08. The van der Waals surface area contributed by atoms with Crippen molar-refractivity contribution in [3.05, 3.63) is 17.5 Å². The number of hydrogen-bond acceptors (Lipinski definition) is 2. The lowest BCUT2D eigenvalue weighted by Crippen LogP contribution is -1.99. The fourth-order valence-electron chi connectivity index (χ4n) is 0.918. The fraction of sp³-hybridized carbons (Fsp3) is 0. The van der Waals surface area contributed by atoms with E-state index in [1.54, 1.807) is 6.20 Å². The van der Waals surface area contributed by atoms with Crippen molar-refractivity contribution in [1.29, 1.82) is 0 Å². The average Bonchev–Trinajstić information content (AvgIpc) is 2.27. The number of rotatable bonds is 0. The van der Waals surface area contributed by atoms with Gasteiger partial charge in [-0.1, -0.05) is 4.56 Å². The predicted molar refractivity (Wildman–Crippen MR) is 44.3 cm³/mol. The molecule has 0 saturated carbocycles. The van der Waals surface area contributed by atoms with E-state index in [0.717, 1.165) is 15.6 Å². The van der Waals surface area contributed by atoms with Crippen molar-refractivity contribution in [3.8, 4) is 0 Å². The summed E-state index contributed by atoms with van der Waals surface area (Å²) in [6.45, 7) is 0. The van der Waals surface area contributed by atoms with Crippen LogP contribution in [-0.4, -0.2) is 31.2 Å². The van der Waals surface area contributed by atoms with Crippen molar-refractivity contribution in [1.82, 2.24) is 15.0 Å². The molecule has 2 rings (SSSR count). The molecule has 0 fully saturated rings. The van der Waals surface area contributed by atoms with Gasteiger partial charge in [-0.25, -0.2) is 9.97 Å². The molecule has 0 amide bonds. The molecule has 2 heterocycles. The van der Waals surface area contributed by atoms with Gasteiger partial charge < -0.3 is 4.98 Å². The minimum atomic E-state index is 0.279. The molecule has 3 nitrogen and oxygen atoms in total. The van der Waals surface area contributed by atoms with Crippen LogP contribution in [0.15, 0.2) is 12.3 Å². The Morgan fingerprint density at radius 3 is 3.18 bits per heavy atom. The second-order valence-corrected chi connectivity index (χ2v) is 3.12. The fourth-order valence-corrected chi connectivity index (χ4v) is 1.37. The van der Waals surface area contributed by atoms with Gasteiger partial charge >= 0.3 is 0 Å². The maximum Gasteiger partial charge on any atom is 0.223 e. The third-order valence-corrected chi connectivity index (χ3v) is 1.85. The molecule has 0 bridgehead atoms. The van der Waals surface area contributed by atoms with Gasteiger partial charge in [0, 0.05) is 0 Å². The normalized spacial score (nSPS) is 10.6. The number of nitrogens with zero attached hydrogens (tertiary/aromatic N) is 2. The van der Waals surface area contributed by atoms with Crippen LogP contribution in [0, 0.1) is 0 Å². The number of hydrogen-bond donors (Lipinski definition) is 1. The van der Waals surface area contributed by atoms with Crippen LogP contribution in [0.2, 0.25) is 5.28 Å². The van der Waals surface area contributed by atoms with E-state index in [4.69, 9.17) is 11.6 Å². The van der Waals surface area contributed by atoms with E-state index in [-0.39, 0.29) is 5.28 Å². The predicted octanol–water partition coefficient (Wildman–Crippen LogP) is 0.405. The van der Waals surface area contributed by atoms with E-state index in [1.165, 1.54) is 0 Å². The topological polar surface area (TPSA) is 41.6 Å². The van der Waals surface area contributed by atoms with E-state index in [0.29, 0.717) is 0 Å². The van der Waals surface area contributed by atoms with Gasteiger partial charge in [0.05, 0.1) is 17.2 Å². The monoisotopic (exact) mass is 179 g/mol. The molecule has 11 heavy (non-hydrogen) atoms. The smallest absolute Gasteiger partial charge is 0.223 e. The summed E-state index contributed by atoms with van der Waals surface area (Å²) in [5.41, 5.74) is 1.74. The van der Waals surface area contributed by atoms with Crippen LogP contribution in [0.25, 0.3) is 11.0 Å². The Morgan fingerprint density at radius 1 is 1.55 bits per heavy atom. The van der Waals surface area contributed by atoms with Gasteiger partial charge in [-0.05, 0) is 17.7 Å². The zero-order valence-corrected chi connectivity index (χ0v) is 7.42. The van der Waals surface area contributed by atoms with Crippen molar-refractivity contribution in [2.45, 2.75) is 0 Å². The molecule has 0 spiro atoms. The van der Waals surface area contributed by atoms with Crippen molar-refractivity contribution in [2.75, 3.05) is 0 Å². The van der Waals surface area contributed by atoms with Gasteiger partial charge in [0.25, 0.3) is 0 Å². The zero-order chi connectivity index (χ0) is 7.84. The molecule has 0 aliphatic rings. The molecule has 0 aliphatic heterocycles. The molecule has 2 aromatic heterocycles. The first-order valence-corrected chi connectivity index (χ1v) is 3.98. The first kappa shape index (κ1) is 7.11. The molecule has 52 valence electrons. The quantitative estimate of drug-likeness (QED) is 0.470. The lowest BCUT2D eigenvalue weighted by atomic mass is 10.5. The van der Waals surface area contributed by atoms with Crippen LogP contribution in [0.3, 0.4) is 0 Å². The third-order valence-electron chi connectivity index (χ3n) is 1.36. The number of H-pyrrole nitrogens is 1. The van der Waals surface area contributed by atoms with Gasteiger partial charge in [-0.15, -0.1) is 0 Å². The Hall–Kier alpha value is -0.558. The van der Waals surface area contributed by atoms with Gasteiger partial charge in [-0.3, -0.25) is 0 Å². The van der Waals surface area contributed by atoms with E-state index in [1.807, 2.05) is 6.07 Å². The first-order chi connectivity index (χ1) is 5.25. The van der Waals surface area contributed by atoms with Gasteiger partial charge in [-0.2, -0.15) is 0 Å². The van der Waals surface area contributed by atoms with Crippen LogP contribution in [-0.2, 0) is 0 Å². The SMILES string of the molecule is [Al][c]1cc2nc(Cl)ncc2[nH]1. The highest BCUT2D eigenvalue weighted by Gasteiger charge is 1.98. The summed E-state index contributed by atoms with van der Waals surface area (Å²) in [6.07, 6.45) is 1.66. The highest BCUT2D eigenvalue weighted by atomic mass is 35.5. The molecule has 1 N–H and O–H groups in total. The molecule has 0 unspecified atom stereocenters. The largest absolute Gasteiger partial charge is 0.374 e. The van der Waals surface area contributed by atoms with Crippen molar-refractivity contribution >= 4 is 43.5 Å². The standard InChI is InChI=1S/C6H3ClN3.Al/c7-6-9-3-5-4(10-6)1-2-8-5;/h1,3,8H;. The Labute approximate surface area is 76.2 Å². The Kier molecular flexibility index (Phi) is 1.61. The molecular weight excluding hydrogens is 177 g/mol. The third kappa shape index (κ3) is 1.25. The van der Waals surface area contributed by atoms with Crippen LogP contribution < -0.4 is 4.56 Å². The summed E-state index contributed by atoms with van der Waals surface area (Å²) in [7, 11) is 0. The molecule has 0 saturated heterocycles. The molecule has 5 heteroatoms. The minimum absolute atomic E-state index is 0.279. The Morgan fingerprint density at radius 2 is 2.36 bits per heavy atom. The second kappa shape index (κ2) is 2.49. The van der Waals surface area contributed by atoms with Gasteiger partial charge in [0.2, 0.25) is 21.6 Å². The van der Waals surface area contributed by atoms with E-state index in [9.17, 15) is 0 Å². The molecule has 2 aromatic rings. The Bertz CT molecular complexity index is 398. The number of nitrogens with one attached hydrogen (secondary N) is 1. The molecular formula is C6H3AlClN3. The van der Waals surface area contributed by atoms with E-state index < -0.39 is 0 Å². The highest BCUT2D eigenvalue weighted by molar-refractivity contribution is 6.32. The summed E-state index contributed by atoms with van der Waals surface area (Å²) in [6, 6.07) is 1.90. The molecule has 0 aromatic carbocycles. The van der Waals surface area contributed by atoms with Crippen LogP contribution in [0.4, 0.5) is 0 Å². The summed E-state index contributed by atoms with van der Waals surface area (Å²) < 4.78 is 0.983. The Balaban J connectivity index is 2.82. The average molecular weight is 180 g/mol. The minimum Gasteiger partial charge on any atom is -0.374 e. The number of aromatic amines is 1. The summed E-state index contributed by atoms with van der Waals surface area (Å²) in [5.74, 6) is 0. The molecule has 0 aliphatic carbocycles. The maximum absolute atomic E-state index is 5.59. The molecule has 0 atom stereocenters. The van der Waals surface area contributed by atoms with Gasteiger partial charge in [0.1, 0.15) is 0 Å². The van der Waals surface area contributed by atoms with Crippen LogP contribution in [0.5, 0.6) is 0 Å². The lowest BCUT2D eigenvalue weighted by Gasteiger charge is -1.87. The van der Waals surface area contributed by atoms with Crippen LogP contribution in [0.1, 0.15) is 0 Å². The lowest BCUT2D eigenvalue weighted by molar-refractivity contribution is 1.22. The first-order valence-electron chi connectivity index (χ1n) is 3.02. The summed E-state index contributed by atoms with van der Waals surface area (Å²) in [4.78, 5) is 10.9. The van der Waals surface area contributed by atoms with E-state index in [2.05, 4.69) is 31.2 Å². The van der Waals surface area contributed by atoms with Crippen molar-refractivity contribution in [2.24, 2.45) is 0 Å². The van der Waals surface area contributed by atoms with Gasteiger partial charge in [0.15, 0.2) is 0 Å². The summed E-state index contributed by atoms with van der Waals surface area (Å²) in [5, 5.41) is 0.279. The van der Waals surface area contributed by atoms with Crippen molar-refractivity contribution in [3.63, 3.8) is 0 Å². The maximum atomic E-state index is 5.59. The van der Waals surface area contributed by atoms with Crippen molar-refractivity contribution < 1.29 is 0 Å². The number of aromatic nitrogens is 3. The second-order valence-electron chi connectivity index (χ2n) is 2.16. The number of fused-ring (bicyclic) bond motifs is 1.